The minimum absolute atomic E-state index is 0.106. The van der Waals surface area contributed by atoms with Crippen molar-refractivity contribution in [1.82, 2.24) is 5.32 Å². The van der Waals surface area contributed by atoms with E-state index in [-0.39, 0.29) is 23.0 Å². The molecule has 1 unspecified atom stereocenters. The Balaban J connectivity index is 2.14. The van der Waals surface area contributed by atoms with Crippen LogP contribution in [0, 0.1) is 5.92 Å². The van der Waals surface area contributed by atoms with Gasteiger partial charge in [0.1, 0.15) is 0 Å². The number of rotatable bonds is 3. The predicted molar refractivity (Wildman–Crippen MR) is 65.8 cm³/mol. The Morgan fingerprint density at radius 2 is 2.16 bits per heavy atom. The number of carbonyl (C=O) groups is 1. The van der Waals surface area contributed by atoms with Crippen molar-refractivity contribution >= 4 is 11.5 Å². The Labute approximate surface area is 109 Å². The number of hydrogen-bond donors (Lipinski definition) is 2. The summed E-state index contributed by atoms with van der Waals surface area (Å²) in [5, 5.41) is 3.14. The lowest BCUT2D eigenvalue weighted by atomic mass is 9.96. The number of Topliss-reactive ketones (excluding diaryl/α,β-unsaturated/α-hetero) is 1. The van der Waals surface area contributed by atoms with E-state index in [0.717, 1.165) is 31.6 Å². The van der Waals surface area contributed by atoms with Crippen molar-refractivity contribution in [3.8, 4) is 0 Å². The van der Waals surface area contributed by atoms with Gasteiger partial charge in [-0.05, 0) is 43.6 Å². The van der Waals surface area contributed by atoms with E-state index < -0.39 is 11.7 Å². The van der Waals surface area contributed by atoms with Gasteiger partial charge in [0, 0.05) is 17.7 Å². The quantitative estimate of drug-likeness (QED) is 0.656. The average molecular weight is 272 g/mol. The number of halogens is 3. The summed E-state index contributed by atoms with van der Waals surface area (Å²) >= 11 is 0. The van der Waals surface area contributed by atoms with E-state index in [1.807, 2.05) is 0 Å². The molecule has 1 heterocycles. The normalized spacial score (nSPS) is 19.6. The Bertz CT molecular complexity index is 479. The Morgan fingerprint density at radius 3 is 2.68 bits per heavy atom. The molecule has 0 radical (unpaired) electrons. The van der Waals surface area contributed by atoms with Gasteiger partial charge in [0.05, 0.1) is 5.56 Å². The summed E-state index contributed by atoms with van der Waals surface area (Å²) in [5.41, 5.74) is 4.80. The molecule has 6 heteroatoms. The lowest BCUT2D eigenvalue weighted by molar-refractivity contribution is -0.137. The second-order valence-corrected chi connectivity index (χ2v) is 4.79. The zero-order chi connectivity index (χ0) is 14.0. The van der Waals surface area contributed by atoms with Gasteiger partial charge in [-0.25, -0.2) is 0 Å². The highest BCUT2D eigenvalue weighted by atomic mass is 19.4. The van der Waals surface area contributed by atoms with Crippen LogP contribution in [-0.4, -0.2) is 18.9 Å². The fraction of sp³-hybridized carbons (Fsp3) is 0.462. The molecule has 1 aromatic rings. The smallest absolute Gasteiger partial charge is 0.398 e. The summed E-state index contributed by atoms with van der Waals surface area (Å²) in [4.78, 5) is 12.0. The Morgan fingerprint density at radius 1 is 1.42 bits per heavy atom. The van der Waals surface area contributed by atoms with Gasteiger partial charge in [-0.2, -0.15) is 13.2 Å². The fourth-order valence-electron chi connectivity index (χ4n) is 2.25. The lowest BCUT2D eigenvalue weighted by Crippen LogP contribution is -2.14. The molecule has 1 aliphatic rings. The summed E-state index contributed by atoms with van der Waals surface area (Å²) in [5.74, 6) is 0.0501. The monoisotopic (exact) mass is 272 g/mol. The highest BCUT2D eigenvalue weighted by molar-refractivity contribution is 6.01. The maximum atomic E-state index is 12.5. The number of carbonyl (C=O) groups excluding carboxylic acids is 1. The number of nitrogens with one attached hydrogen (secondary N) is 1. The van der Waals surface area contributed by atoms with Gasteiger partial charge in [-0.3, -0.25) is 4.79 Å². The molecule has 1 saturated heterocycles. The Kier molecular flexibility index (Phi) is 3.80. The van der Waals surface area contributed by atoms with E-state index >= 15 is 0 Å². The molecule has 19 heavy (non-hydrogen) atoms. The highest BCUT2D eigenvalue weighted by Gasteiger charge is 2.31. The molecule has 104 valence electrons. The van der Waals surface area contributed by atoms with Crippen LogP contribution < -0.4 is 11.1 Å². The molecule has 2 rings (SSSR count). The number of benzene rings is 1. The number of nitrogens with two attached hydrogens (primary N) is 1. The van der Waals surface area contributed by atoms with Crippen molar-refractivity contribution in [3.05, 3.63) is 29.3 Å². The molecule has 0 saturated carbocycles. The number of alkyl halides is 3. The molecule has 1 aliphatic heterocycles. The summed E-state index contributed by atoms with van der Waals surface area (Å²) < 4.78 is 37.4. The average Bonchev–Trinajstić information content (AvgIpc) is 2.80. The first-order valence-corrected chi connectivity index (χ1v) is 6.08. The summed E-state index contributed by atoms with van der Waals surface area (Å²) in [6, 6.07) is 2.89. The van der Waals surface area contributed by atoms with E-state index in [1.54, 1.807) is 0 Å². The van der Waals surface area contributed by atoms with Crippen LogP contribution in [-0.2, 0) is 6.18 Å². The minimum atomic E-state index is -4.44. The number of nitrogen functional groups attached to an aromatic ring is 1. The molecule has 1 atom stereocenters. The summed E-state index contributed by atoms with van der Waals surface area (Å²) in [6.45, 7) is 1.65. The molecule has 0 spiro atoms. The third kappa shape index (κ3) is 3.26. The van der Waals surface area contributed by atoms with Crippen LogP contribution in [0.15, 0.2) is 18.2 Å². The lowest BCUT2D eigenvalue weighted by Gasteiger charge is -2.12. The van der Waals surface area contributed by atoms with Crippen LogP contribution in [0.1, 0.15) is 28.8 Å². The molecular weight excluding hydrogens is 257 g/mol. The van der Waals surface area contributed by atoms with Gasteiger partial charge >= 0.3 is 6.18 Å². The van der Waals surface area contributed by atoms with Crippen molar-refractivity contribution in [1.29, 1.82) is 0 Å². The van der Waals surface area contributed by atoms with E-state index in [1.165, 1.54) is 6.07 Å². The summed E-state index contributed by atoms with van der Waals surface area (Å²) in [6.07, 6.45) is -3.21. The van der Waals surface area contributed by atoms with Crippen LogP contribution in [0.5, 0.6) is 0 Å². The molecule has 3 N–H and O–H groups in total. The van der Waals surface area contributed by atoms with Crippen molar-refractivity contribution in [3.63, 3.8) is 0 Å². The molecule has 0 amide bonds. The molecule has 3 nitrogen and oxygen atoms in total. The van der Waals surface area contributed by atoms with Gasteiger partial charge in [-0.1, -0.05) is 0 Å². The molecular formula is C13H15F3N2O. The van der Waals surface area contributed by atoms with Gasteiger partial charge in [0.2, 0.25) is 0 Å². The van der Waals surface area contributed by atoms with E-state index in [0.29, 0.717) is 6.42 Å². The van der Waals surface area contributed by atoms with E-state index in [4.69, 9.17) is 5.73 Å². The third-order valence-corrected chi connectivity index (χ3v) is 3.32. The van der Waals surface area contributed by atoms with Crippen LogP contribution in [0.25, 0.3) is 0 Å². The van der Waals surface area contributed by atoms with Crippen molar-refractivity contribution in [2.75, 3.05) is 18.8 Å². The van der Waals surface area contributed by atoms with Crippen LogP contribution >= 0.6 is 0 Å². The third-order valence-electron chi connectivity index (χ3n) is 3.32. The van der Waals surface area contributed by atoms with E-state index in [2.05, 4.69) is 5.32 Å². The topological polar surface area (TPSA) is 55.1 Å². The largest absolute Gasteiger partial charge is 0.416 e. The van der Waals surface area contributed by atoms with Crippen molar-refractivity contribution < 1.29 is 18.0 Å². The van der Waals surface area contributed by atoms with Gasteiger partial charge in [-0.15, -0.1) is 0 Å². The molecule has 0 aliphatic carbocycles. The second kappa shape index (κ2) is 5.21. The van der Waals surface area contributed by atoms with Crippen LogP contribution in [0.3, 0.4) is 0 Å². The first kappa shape index (κ1) is 13.9. The second-order valence-electron chi connectivity index (χ2n) is 4.79. The van der Waals surface area contributed by atoms with E-state index in [9.17, 15) is 18.0 Å². The molecule has 1 aromatic carbocycles. The minimum Gasteiger partial charge on any atom is -0.398 e. The Hall–Kier alpha value is -1.56. The van der Waals surface area contributed by atoms with Crippen molar-refractivity contribution in [2.24, 2.45) is 5.92 Å². The highest BCUT2D eigenvalue weighted by Crippen LogP contribution is 2.32. The SMILES string of the molecule is Nc1cc(C(F)(F)F)ccc1C(=O)CC1CCNC1. The molecule has 1 fully saturated rings. The van der Waals surface area contributed by atoms with Gasteiger partial charge in [0.25, 0.3) is 0 Å². The number of hydrogen-bond acceptors (Lipinski definition) is 3. The zero-order valence-electron chi connectivity index (χ0n) is 10.3. The maximum absolute atomic E-state index is 12.5. The van der Waals surface area contributed by atoms with Gasteiger partial charge < -0.3 is 11.1 Å². The number of anilines is 1. The first-order valence-electron chi connectivity index (χ1n) is 6.08. The molecule has 0 aromatic heterocycles. The van der Waals surface area contributed by atoms with Crippen molar-refractivity contribution in [2.45, 2.75) is 19.0 Å². The molecule has 0 bridgehead atoms. The number of ketones is 1. The van der Waals surface area contributed by atoms with Gasteiger partial charge in [0.15, 0.2) is 5.78 Å². The van der Waals surface area contributed by atoms with Crippen LogP contribution in [0.4, 0.5) is 18.9 Å². The first-order chi connectivity index (χ1) is 8.88. The standard InChI is InChI=1S/C13H15F3N2O/c14-13(15,16)9-1-2-10(11(17)6-9)12(19)5-8-3-4-18-7-8/h1-2,6,8,18H,3-5,7,17H2. The summed E-state index contributed by atoms with van der Waals surface area (Å²) in [7, 11) is 0. The maximum Gasteiger partial charge on any atom is 0.416 e. The van der Waals surface area contributed by atoms with Crippen LogP contribution in [0.2, 0.25) is 0 Å². The predicted octanol–water partition coefficient (Wildman–Crippen LogP) is 2.47. The zero-order valence-corrected chi connectivity index (χ0v) is 10.3. The fourth-order valence-corrected chi connectivity index (χ4v) is 2.25.